The Bertz CT molecular complexity index is 1030. The number of hydrogen-bond acceptors (Lipinski definition) is 4. The van der Waals surface area contributed by atoms with E-state index in [0.717, 1.165) is 45.5 Å². The monoisotopic (exact) mass is 336 g/mol. The van der Waals surface area contributed by atoms with Crippen LogP contribution in [0.15, 0.2) is 48.8 Å². The van der Waals surface area contributed by atoms with Gasteiger partial charge in [-0.1, -0.05) is 12.1 Å². The number of benzene rings is 2. The first-order valence-electron chi connectivity index (χ1n) is 8.03. The van der Waals surface area contributed by atoms with Crippen LogP contribution in [-0.4, -0.2) is 28.6 Å². The highest BCUT2D eigenvalue weighted by Crippen LogP contribution is 2.29. The molecular formula is C19H17FN4O. The number of nitrogens with zero attached hydrogens (tertiary/aromatic N) is 2. The van der Waals surface area contributed by atoms with Crippen molar-refractivity contribution in [1.29, 1.82) is 0 Å². The second-order valence-corrected chi connectivity index (χ2v) is 5.79. The van der Waals surface area contributed by atoms with E-state index < -0.39 is 0 Å². The van der Waals surface area contributed by atoms with Gasteiger partial charge in [-0.2, -0.15) is 0 Å². The van der Waals surface area contributed by atoms with Gasteiger partial charge in [0.05, 0.1) is 12.6 Å². The molecule has 0 fully saturated rings. The molecule has 2 heterocycles. The third-order valence-corrected chi connectivity index (χ3v) is 4.21. The molecular weight excluding hydrogens is 319 g/mol. The maximum absolute atomic E-state index is 13.0. The van der Waals surface area contributed by atoms with Gasteiger partial charge >= 0.3 is 0 Å². The number of fused-ring (bicyclic) bond motifs is 3. The summed E-state index contributed by atoms with van der Waals surface area (Å²) >= 11 is 0. The van der Waals surface area contributed by atoms with E-state index in [2.05, 4.69) is 20.3 Å². The molecule has 0 amide bonds. The largest absolute Gasteiger partial charge is 0.497 e. The quantitative estimate of drug-likeness (QED) is 0.580. The van der Waals surface area contributed by atoms with Crippen LogP contribution in [0.1, 0.15) is 5.56 Å². The first kappa shape index (κ1) is 15.4. The molecule has 0 bridgehead atoms. The highest BCUT2D eigenvalue weighted by Gasteiger charge is 2.11. The predicted octanol–water partition coefficient (Wildman–Crippen LogP) is 3.91. The number of hydrogen-bond donors (Lipinski definition) is 2. The Hall–Kier alpha value is -3.15. The second-order valence-electron chi connectivity index (χ2n) is 5.79. The molecule has 6 heteroatoms. The maximum Gasteiger partial charge on any atom is 0.153 e. The summed E-state index contributed by atoms with van der Waals surface area (Å²) in [6.07, 6.45) is 2.33. The second kappa shape index (κ2) is 6.39. The van der Waals surface area contributed by atoms with Crippen LogP contribution in [0, 0.1) is 5.82 Å². The molecule has 2 aromatic carbocycles. The van der Waals surface area contributed by atoms with Gasteiger partial charge in [0, 0.05) is 18.0 Å². The van der Waals surface area contributed by atoms with Gasteiger partial charge in [0.1, 0.15) is 28.9 Å². The number of anilines is 1. The van der Waals surface area contributed by atoms with E-state index in [0.29, 0.717) is 6.54 Å². The minimum atomic E-state index is -0.220. The lowest BCUT2D eigenvalue weighted by atomic mass is 10.1. The summed E-state index contributed by atoms with van der Waals surface area (Å²) in [6.45, 7) is 0.691. The predicted molar refractivity (Wildman–Crippen MR) is 96.5 cm³/mol. The van der Waals surface area contributed by atoms with E-state index in [1.165, 1.54) is 12.1 Å². The van der Waals surface area contributed by atoms with Crippen molar-refractivity contribution in [2.24, 2.45) is 0 Å². The number of rotatable bonds is 5. The lowest BCUT2D eigenvalue weighted by Crippen LogP contribution is -2.07. The fourth-order valence-corrected chi connectivity index (χ4v) is 2.91. The van der Waals surface area contributed by atoms with Crippen LogP contribution in [-0.2, 0) is 6.42 Å². The number of nitrogens with one attached hydrogen (secondary N) is 2. The van der Waals surface area contributed by atoms with E-state index in [4.69, 9.17) is 4.74 Å². The number of H-pyrrole nitrogens is 1. The third-order valence-electron chi connectivity index (χ3n) is 4.21. The maximum atomic E-state index is 13.0. The molecule has 0 aliphatic rings. The Kier molecular flexibility index (Phi) is 3.93. The summed E-state index contributed by atoms with van der Waals surface area (Å²) in [6, 6.07) is 12.4. The standard InChI is InChI=1S/C19H17FN4O/c1-25-14-6-7-15-16(10-14)24-18-17(15)22-11-23-19(18)21-9-8-12-2-4-13(20)5-3-12/h2-7,10-11,24H,8-9H2,1H3,(H,21,22,23). The van der Waals surface area contributed by atoms with Crippen molar-refractivity contribution in [1.82, 2.24) is 15.0 Å². The molecule has 0 atom stereocenters. The molecule has 2 aromatic heterocycles. The number of aromatic nitrogens is 3. The SMILES string of the molecule is COc1ccc2c(c1)[nH]c1c(NCCc3ccc(F)cc3)ncnc12. The minimum absolute atomic E-state index is 0.220. The summed E-state index contributed by atoms with van der Waals surface area (Å²) in [5.41, 5.74) is 3.76. The zero-order chi connectivity index (χ0) is 17.2. The smallest absolute Gasteiger partial charge is 0.153 e. The van der Waals surface area contributed by atoms with Crippen LogP contribution in [0.25, 0.3) is 21.9 Å². The highest BCUT2D eigenvalue weighted by molar-refractivity contribution is 6.08. The van der Waals surface area contributed by atoms with Gasteiger partial charge in [-0.15, -0.1) is 0 Å². The van der Waals surface area contributed by atoms with Gasteiger partial charge in [-0.3, -0.25) is 0 Å². The van der Waals surface area contributed by atoms with Crippen molar-refractivity contribution >= 4 is 27.8 Å². The van der Waals surface area contributed by atoms with Crippen molar-refractivity contribution in [3.05, 3.63) is 60.2 Å². The summed E-state index contributed by atoms with van der Waals surface area (Å²) in [5, 5.41) is 4.36. The topological polar surface area (TPSA) is 62.8 Å². The van der Waals surface area contributed by atoms with E-state index >= 15 is 0 Å². The van der Waals surface area contributed by atoms with Gasteiger partial charge in [0.25, 0.3) is 0 Å². The van der Waals surface area contributed by atoms with E-state index in [1.54, 1.807) is 25.6 Å². The molecule has 25 heavy (non-hydrogen) atoms. The number of aromatic amines is 1. The molecule has 126 valence electrons. The van der Waals surface area contributed by atoms with Crippen molar-refractivity contribution in [2.45, 2.75) is 6.42 Å². The lowest BCUT2D eigenvalue weighted by Gasteiger charge is -2.06. The molecule has 0 saturated heterocycles. The fraction of sp³-hybridized carbons (Fsp3) is 0.158. The molecule has 0 saturated carbocycles. The molecule has 0 radical (unpaired) electrons. The number of halogens is 1. The van der Waals surface area contributed by atoms with Crippen LogP contribution < -0.4 is 10.1 Å². The van der Waals surface area contributed by atoms with Crippen molar-refractivity contribution < 1.29 is 9.13 Å². The van der Waals surface area contributed by atoms with Crippen molar-refractivity contribution in [3.63, 3.8) is 0 Å². The fourth-order valence-electron chi connectivity index (χ4n) is 2.91. The molecule has 5 nitrogen and oxygen atoms in total. The Labute approximate surface area is 143 Å². The van der Waals surface area contributed by atoms with Gasteiger partial charge in [0.15, 0.2) is 5.82 Å². The molecule has 2 N–H and O–H groups in total. The Morgan fingerprint density at radius 2 is 1.96 bits per heavy atom. The van der Waals surface area contributed by atoms with E-state index in [-0.39, 0.29) is 5.82 Å². The van der Waals surface area contributed by atoms with E-state index in [1.807, 2.05) is 18.2 Å². The zero-order valence-corrected chi connectivity index (χ0v) is 13.7. The van der Waals surface area contributed by atoms with E-state index in [9.17, 15) is 4.39 Å². The van der Waals surface area contributed by atoms with Crippen LogP contribution >= 0.6 is 0 Å². The number of methoxy groups -OCH3 is 1. The Balaban J connectivity index is 1.59. The minimum Gasteiger partial charge on any atom is -0.497 e. The first-order chi connectivity index (χ1) is 12.2. The Morgan fingerprint density at radius 1 is 1.12 bits per heavy atom. The molecule has 0 unspecified atom stereocenters. The van der Waals surface area contributed by atoms with Gasteiger partial charge in [-0.25, -0.2) is 14.4 Å². The Morgan fingerprint density at radius 3 is 2.76 bits per heavy atom. The van der Waals surface area contributed by atoms with Crippen LogP contribution in [0.4, 0.5) is 10.2 Å². The van der Waals surface area contributed by atoms with Gasteiger partial charge in [-0.05, 0) is 36.2 Å². The summed E-state index contributed by atoms with van der Waals surface area (Å²) in [7, 11) is 1.64. The average Bonchev–Trinajstić information content (AvgIpc) is 3.02. The summed E-state index contributed by atoms with van der Waals surface area (Å²) < 4.78 is 18.2. The summed E-state index contributed by atoms with van der Waals surface area (Å²) in [5.74, 6) is 1.32. The van der Waals surface area contributed by atoms with Crippen LogP contribution in [0.3, 0.4) is 0 Å². The first-order valence-corrected chi connectivity index (χ1v) is 8.03. The third kappa shape index (κ3) is 2.98. The lowest BCUT2D eigenvalue weighted by molar-refractivity contribution is 0.415. The van der Waals surface area contributed by atoms with Crippen molar-refractivity contribution in [2.75, 3.05) is 19.0 Å². The van der Waals surface area contributed by atoms with Gasteiger partial charge in [0.2, 0.25) is 0 Å². The average molecular weight is 336 g/mol. The van der Waals surface area contributed by atoms with Crippen molar-refractivity contribution in [3.8, 4) is 5.75 Å². The molecule has 0 aliphatic heterocycles. The van der Waals surface area contributed by atoms with Crippen LogP contribution in [0.2, 0.25) is 0 Å². The normalized spacial score (nSPS) is 11.1. The molecule has 0 spiro atoms. The zero-order valence-electron chi connectivity index (χ0n) is 13.7. The number of ether oxygens (including phenoxy) is 1. The molecule has 4 aromatic rings. The summed E-state index contributed by atoms with van der Waals surface area (Å²) in [4.78, 5) is 12.1. The van der Waals surface area contributed by atoms with Gasteiger partial charge < -0.3 is 15.0 Å². The van der Waals surface area contributed by atoms with Crippen LogP contribution in [0.5, 0.6) is 5.75 Å². The highest BCUT2D eigenvalue weighted by atomic mass is 19.1. The molecule has 4 rings (SSSR count). The molecule has 0 aliphatic carbocycles.